The molecule has 2 aliphatic rings. The van der Waals surface area contributed by atoms with Gasteiger partial charge >= 0.3 is 6.18 Å². The number of hydrogen-bond donors (Lipinski definition) is 2. The third kappa shape index (κ3) is 6.11. The maximum Gasteiger partial charge on any atom is 0.404 e. The Hall–Kier alpha value is -2.98. The molecule has 0 aromatic heterocycles. The van der Waals surface area contributed by atoms with Crippen LogP contribution in [0, 0.1) is 24.6 Å². The minimum Gasteiger partial charge on any atom is -0.508 e. The van der Waals surface area contributed by atoms with Gasteiger partial charge in [-0.25, -0.2) is 4.39 Å². The molecule has 212 valence electrons. The minimum atomic E-state index is -4.81. The zero-order valence-corrected chi connectivity index (χ0v) is 21.8. The van der Waals surface area contributed by atoms with Crippen molar-refractivity contribution in [2.24, 2.45) is 11.8 Å². The van der Waals surface area contributed by atoms with Gasteiger partial charge in [0.15, 0.2) is 5.78 Å². The van der Waals surface area contributed by atoms with Crippen molar-refractivity contribution in [3.8, 4) is 5.75 Å². The van der Waals surface area contributed by atoms with Gasteiger partial charge in [0.25, 0.3) is 0 Å². The fourth-order valence-corrected chi connectivity index (χ4v) is 6.17. The van der Waals surface area contributed by atoms with Gasteiger partial charge in [-0.1, -0.05) is 24.3 Å². The third-order valence-electron chi connectivity index (χ3n) is 8.01. The van der Waals surface area contributed by atoms with E-state index in [1.165, 1.54) is 54.3 Å². The van der Waals surface area contributed by atoms with E-state index < -0.39 is 47.5 Å². The van der Waals surface area contributed by atoms with Crippen LogP contribution in [0.2, 0.25) is 0 Å². The molecule has 2 aliphatic heterocycles. The van der Waals surface area contributed by atoms with E-state index in [2.05, 4.69) is 0 Å². The summed E-state index contributed by atoms with van der Waals surface area (Å²) in [5.41, 5.74) is 0.410. The van der Waals surface area contributed by atoms with Gasteiger partial charge in [0.2, 0.25) is 5.91 Å². The van der Waals surface area contributed by atoms with Crippen molar-refractivity contribution < 1.29 is 37.4 Å². The zero-order chi connectivity index (χ0) is 28.3. The number of nitrogens with zero attached hydrogens (tertiary/aromatic N) is 2. The summed E-state index contributed by atoms with van der Waals surface area (Å²) in [7, 11) is 0. The predicted molar refractivity (Wildman–Crippen MR) is 137 cm³/mol. The molecule has 2 N–H and O–H groups in total. The van der Waals surface area contributed by atoms with E-state index in [1.807, 2.05) is 0 Å². The number of amides is 1. The van der Waals surface area contributed by atoms with Crippen LogP contribution in [-0.2, 0) is 4.79 Å². The predicted octanol–water partition coefficient (Wildman–Crippen LogP) is 4.68. The molecule has 39 heavy (non-hydrogen) atoms. The van der Waals surface area contributed by atoms with E-state index in [0.29, 0.717) is 25.9 Å². The van der Waals surface area contributed by atoms with Crippen molar-refractivity contribution in [3.63, 3.8) is 0 Å². The lowest BCUT2D eigenvalue weighted by Gasteiger charge is -2.50. The smallest absolute Gasteiger partial charge is 0.404 e. The Morgan fingerprint density at radius 1 is 1.05 bits per heavy atom. The number of likely N-dealkylation sites (tertiary alicyclic amines) is 2. The van der Waals surface area contributed by atoms with Gasteiger partial charge in [0.1, 0.15) is 17.6 Å². The van der Waals surface area contributed by atoms with Crippen molar-refractivity contribution in [2.45, 2.75) is 50.7 Å². The number of phenolic OH excluding ortho intramolecular Hbond substituents is 1. The summed E-state index contributed by atoms with van der Waals surface area (Å²) in [6, 6.07) is 7.48. The lowest BCUT2D eigenvalue weighted by Crippen LogP contribution is -2.63. The van der Waals surface area contributed by atoms with Gasteiger partial charge in [-0.05, 0) is 68.5 Å². The summed E-state index contributed by atoms with van der Waals surface area (Å²) in [6.07, 6.45) is -2.96. The van der Waals surface area contributed by atoms with Crippen molar-refractivity contribution in [1.29, 1.82) is 0 Å². The van der Waals surface area contributed by atoms with Gasteiger partial charge in [0, 0.05) is 43.6 Å². The molecule has 0 saturated carbocycles. The van der Waals surface area contributed by atoms with E-state index >= 15 is 0 Å². The van der Waals surface area contributed by atoms with Gasteiger partial charge in [0.05, 0.1) is 5.92 Å². The maximum absolute atomic E-state index is 14.9. The number of aliphatic hydroxyl groups excluding tert-OH is 1. The molecule has 0 unspecified atom stereocenters. The average molecular weight is 551 g/mol. The number of carbonyl (C=O) groups is 2. The molecule has 1 amide bonds. The maximum atomic E-state index is 14.9. The number of alkyl halides is 3. The van der Waals surface area contributed by atoms with E-state index in [-0.39, 0.29) is 55.0 Å². The fourth-order valence-electron chi connectivity index (χ4n) is 6.17. The number of piperidine rings is 1. The Balaban J connectivity index is 1.92. The standard InChI is InChI=1S/C29H34F4N2O4/c1-18-21(10-7-11-23(18)30)24-22(26(38)19-8-6-9-20(37)16-19)17-35(14-4-5-15-36)27(29(31,32)33)25(24)28(39)34-12-2-3-13-34/h6-11,16,22,24-25,27,36-37H,2-5,12-15,17H2,1H3/t22-,24+,25-,27-/m0/s1. The van der Waals surface area contributed by atoms with Crippen molar-refractivity contribution in [2.75, 3.05) is 32.8 Å². The van der Waals surface area contributed by atoms with Crippen molar-refractivity contribution in [3.05, 3.63) is 65.0 Å². The van der Waals surface area contributed by atoms with Gasteiger partial charge in [-0.2, -0.15) is 13.2 Å². The Labute approximate surface area is 225 Å². The van der Waals surface area contributed by atoms with Gasteiger partial charge in [-0.15, -0.1) is 0 Å². The van der Waals surface area contributed by atoms with Crippen LogP contribution in [0.4, 0.5) is 17.6 Å². The lowest BCUT2D eigenvalue weighted by atomic mass is 9.66. The quantitative estimate of drug-likeness (QED) is 0.284. The first-order chi connectivity index (χ1) is 18.5. The number of halogens is 4. The van der Waals surface area contributed by atoms with Crippen LogP contribution < -0.4 is 0 Å². The van der Waals surface area contributed by atoms with E-state index in [1.54, 1.807) is 0 Å². The Kier molecular flexibility index (Phi) is 8.96. The number of aliphatic hydroxyl groups is 1. The van der Waals surface area contributed by atoms with E-state index in [4.69, 9.17) is 0 Å². The molecule has 2 aromatic rings. The van der Waals surface area contributed by atoms with E-state index in [9.17, 15) is 37.4 Å². The van der Waals surface area contributed by atoms with Crippen LogP contribution in [0.5, 0.6) is 5.75 Å². The lowest BCUT2D eigenvalue weighted by molar-refractivity contribution is -0.214. The highest BCUT2D eigenvalue weighted by molar-refractivity contribution is 5.99. The molecule has 4 rings (SSSR count). The molecule has 4 atom stereocenters. The molecule has 2 saturated heterocycles. The first-order valence-corrected chi connectivity index (χ1v) is 13.3. The van der Waals surface area contributed by atoms with E-state index in [0.717, 1.165) is 4.90 Å². The highest BCUT2D eigenvalue weighted by Crippen LogP contribution is 2.49. The molecule has 0 bridgehead atoms. The van der Waals surface area contributed by atoms with Crippen LogP contribution >= 0.6 is 0 Å². The number of aromatic hydroxyl groups is 1. The van der Waals surface area contributed by atoms with Crippen LogP contribution in [0.1, 0.15) is 53.1 Å². The summed E-state index contributed by atoms with van der Waals surface area (Å²) in [4.78, 5) is 30.5. The number of unbranched alkanes of at least 4 members (excludes halogenated alkanes) is 1. The number of rotatable bonds is 8. The van der Waals surface area contributed by atoms with Crippen LogP contribution in [0.3, 0.4) is 0 Å². The summed E-state index contributed by atoms with van der Waals surface area (Å²) in [5.74, 6) is -6.06. The first-order valence-electron chi connectivity index (χ1n) is 13.3. The second-order valence-electron chi connectivity index (χ2n) is 10.5. The van der Waals surface area contributed by atoms with Crippen molar-refractivity contribution >= 4 is 11.7 Å². The topological polar surface area (TPSA) is 81.1 Å². The van der Waals surface area contributed by atoms with Crippen molar-refractivity contribution in [1.82, 2.24) is 9.80 Å². The molecule has 0 aliphatic carbocycles. The highest BCUT2D eigenvalue weighted by Gasteiger charge is 2.60. The summed E-state index contributed by atoms with van der Waals surface area (Å²) in [6.45, 7) is 1.52. The number of phenols is 1. The molecular weight excluding hydrogens is 516 g/mol. The third-order valence-corrected chi connectivity index (χ3v) is 8.01. The summed E-state index contributed by atoms with van der Waals surface area (Å²) < 4.78 is 59.6. The Morgan fingerprint density at radius 2 is 1.74 bits per heavy atom. The zero-order valence-electron chi connectivity index (χ0n) is 21.8. The molecule has 10 heteroatoms. The average Bonchev–Trinajstić information content (AvgIpc) is 3.43. The molecular formula is C29H34F4N2O4. The number of carbonyl (C=O) groups excluding carboxylic acids is 2. The van der Waals surface area contributed by atoms with Crippen LogP contribution in [-0.4, -0.2) is 76.7 Å². The second-order valence-corrected chi connectivity index (χ2v) is 10.5. The minimum absolute atomic E-state index is 0.0762. The van der Waals surface area contributed by atoms with Gasteiger partial charge < -0.3 is 15.1 Å². The number of Topliss-reactive ketones (excluding diaryl/α,β-unsaturated/α-hetero) is 1. The molecule has 0 spiro atoms. The normalized spacial score (nSPS) is 24.2. The summed E-state index contributed by atoms with van der Waals surface area (Å²) in [5, 5.41) is 19.3. The Morgan fingerprint density at radius 3 is 2.38 bits per heavy atom. The largest absolute Gasteiger partial charge is 0.508 e. The Bertz CT molecular complexity index is 1180. The molecule has 0 radical (unpaired) electrons. The fraction of sp³-hybridized carbons (Fsp3) is 0.517. The van der Waals surface area contributed by atoms with Gasteiger partial charge in [-0.3, -0.25) is 14.5 Å². The summed E-state index contributed by atoms with van der Waals surface area (Å²) >= 11 is 0. The first kappa shape index (κ1) is 29.0. The number of ketones is 1. The highest BCUT2D eigenvalue weighted by atomic mass is 19.4. The SMILES string of the molecule is Cc1c(F)cccc1[C@H]1[C@H](C(=O)N2CCCC2)[C@@H](C(F)(F)F)N(CCCCO)C[C@@H]1C(=O)c1cccc(O)c1. The monoisotopic (exact) mass is 550 g/mol. The van der Waals surface area contributed by atoms with Crippen LogP contribution in [0.25, 0.3) is 0 Å². The molecule has 2 fully saturated rings. The molecule has 6 nitrogen and oxygen atoms in total. The molecule has 2 aromatic carbocycles. The number of hydrogen-bond acceptors (Lipinski definition) is 5. The number of benzene rings is 2. The second kappa shape index (κ2) is 12.0. The van der Waals surface area contributed by atoms with Crippen LogP contribution in [0.15, 0.2) is 42.5 Å². The molecule has 2 heterocycles.